The number of urea groups is 1. The fourth-order valence-electron chi connectivity index (χ4n) is 3.95. The summed E-state index contributed by atoms with van der Waals surface area (Å²) in [6, 6.07) is 9.56. The lowest BCUT2D eigenvalue weighted by molar-refractivity contribution is 0.122. The molecule has 0 aliphatic carbocycles. The molecule has 0 bridgehead atoms. The van der Waals surface area contributed by atoms with Crippen LogP contribution in [0.4, 0.5) is 16.3 Å². The van der Waals surface area contributed by atoms with Gasteiger partial charge in [-0.25, -0.2) is 14.8 Å². The molecule has 0 spiro atoms. The van der Waals surface area contributed by atoms with Gasteiger partial charge in [0.1, 0.15) is 11.5 Å². The Morgan fingerprint density at radius 3 is 2.40 bits per heavy atom. The van der Waals surface area contributed by atoms with Crippen LogP contribution in [0.1, 0.15) is 0 Å². The molecule has 2 aromatic heterocycles. The predicted molar refractivity (Wildman–Crippen MR) is 140 cm³/mol. The Morgan fingerprint density at radius 2 is 1.71 bits per heavy atom. The largest absolute Gasteiger partial charge is 0.378 e. The Hall–Kier alpha value is -3.21. The van der Waals surface area contributed by atoms with E-state index in [0.29, 0.717) is 25.6 Å². The first-order valence-corrected chi connectivity index (χ1v) is 12.0. The number of benzene rings is 1. The van der Waals surface area contributed by atoms with E-state index in [-0.39, 0.29) is 6.03 Å². The van der Waals surface area contributed by atoms with Crippen LogP contribution in [0.25, 0.3) is 22.4 Å². The lowest BCUT2D eigenvalue weighted by Gasteiger charge is -2.28. The lowest BCUT2D eigenvalue weighted by Crippen LogP contribution is -2.37. The van der Waals surface area contributed by atoms with Gasteiger partial charge in [-0.15, -0.1) is 0 Å². The van der Waals surface area contributed by atoms with Crippen LogP contribution in [0.5, 0.6) is 0 Å². The van der Waals surface area contributed by atoms with Gasteiger partial charge < -0.3 is 34.6 Å². The van der Waals surface area contributed by atoms with Gasteiger partial charge in [-0.1, -0.05) is 0 Å². The number of carbonyl (C=O) groups excluding carboxylic acids is 1. The highest BCUT2D eigenvalue weighted by atomic mass is 16.5. The second kappa shape index (κ2) is 11.5. The SMILES string of the molecule is CN(C)CCNC(=O)Nc1ccc(-c2nc(N3CCOCC3)c3ccn(CCN(C)C)c3n2)cc1. The number of likely N-dealkylation sites (N-methyl/N-ethyl adjacent to an activating group) is 2. The summed E-state index contributed by atoms with van der Waals surface area (Å²) in [6.07, 6.45) is 2.10. The third-order valence-electron chi connectivity index (χ3n) is 5.94. The van der Waals surface area contributed by atoms with E-state index in [2.05, 4.69) is 51.4 Å². The first-order chi connectivity index (χ1) is 16.9. The Morgan fingerprint density at radius 1 is 1.00 bits per heavy atom. The van der Waals surface area contributed by atoms with Crippen LogP contribution in [0.15, 0.2) is 36.5 Å². The summed E-state index contributed by atoms with van der Waals surface area (Å²) in [5.41, 5.74) is 2.56. The minimum Gasteiger partial charge on any atom is -0.378 e. The molecular weight excluding hydrogens is 444 g/mol. The van der Waals surface area contributed by atoms with Crippen molar-refractivity contribution in [3.63, 3.8) is 0 Å². The van der Waals surface area contributed by atoms with E-state index in [1.165, 1.54) is 0 Å². The van der Waals surface area contributed by atoms with Gasteiger partial charge in [-0.2, -0.15) is 0 Å². The van der Waals surface area contributed by atoms with Crippen LogP contribution < -0.4 is 15.5 Å². The average Bonchev–Trinajstić information content (AvgIpc) is 3.26. The Bertz CT molecular complexity index is 1120. The van der Waals surface area contributed by atoms with Gasteiger partial charge in [0, 0.05) is 56.7 Å². The highest BCUT2D eigenvalue weighted by molar-refractivity contribution is 5.91. The van der Waals surface area contributed by atoms with Crippen LogP contribution in [0, 0.1) is 0 Å². The van der Waals surface area contributed by atoms with Crippen molar-refractivity contribution in [3.8, 4) is 11.4 Å². The molecular formula is C25H36N8O2. The smallest absolute Gasteiger partial charge is 0.319 e. The summed E-state index contributed by atoms with van der Waals surface area (Å²) in [5, 5.41) is 6.79. The van der Waals surface area contributed by atoms with Gasteiger partial charge in [0.15, 0.2) is 5.82 Å². The van der Waals surface area contributed by atoms with Crippen molar-refractivity contribution < 1.29 is 9.53 Å². The topological polar surface area (TPSA) is 90.8 Å². The van der Waals surface area contributed by atoms with E-state index in [4.69, 9.17) is 14.7 Å². The summed E-state index contributed by atoms with van der Waals surface area (Å²) < 4.78 is 7.75. The van der Waals surface area contributed by atoms with Crippen LogP contribution in [-0.4, -0.2) is 104 Å². The first kappa shape index (κ1) is 24.9. The summed E-state index contributed by atoms with van der Waals surface area (Å²) >= 11 is 0. The zero-order chi connectivity index (χ0) is 24.8. The van der Waals surface area contributed by atoms with E-state index < -0.39 is 0 Å². The second-order valence-electron chi connectivity index (χ2n) is 9.28. The summed E-state index contributed by atoms with van der Waals surface area (Å²) in [7, 11) is 8.09. The molecule has 0 saturated carbocycles. The molecule has 2 amide bonds. The van der Waals surface area contributed by atoms with Crippen molar-refractivity contribution in [2.75, 3.05) is 84.3 Å². The third kappa shape index (κ3) is 6.47. The van der Waals surface area contributed by atoms with Crippen LogP contribution in [0.3, 0.4) is 0 Å². The molecule has 3 heterocycles. The van der Waals surface area contributed by atoms with Crippen LogP contribution in [-0.2, 0) is 11.3 Å². The standard InChI is InChI=1S/C25H36N8O2/c1-30(2)12-10-26-25(34)27-20-7-5-19(6-8-20)22-28-23-21(9-11-32(23)14-13-31(3)4)24(29-22)33-15-17-35-18-16-33/h5-9,11H,10,12-18H2,1-4H3,(H2,26,27,34). The maximum Gasteiger partial charge on any atom is 0.319 e. The number of rotatable bonds is 9. The number of hydrogen-bond acceptors (Lipinski definition) is 7. The number of aromatic nitrogens is 3. The number of hydrogen-bond donors (Lipinski definition) is 2. The lowest BCUT2D eigenvalue weighted by atomic mass is 10.2. The van der Waals surface area contributed by atoms with E-state index in [1.807, 2.05) is 43.3 Å². The number of nitrogens with one attached hydrogen (secondary N) is 2. The third-order valence-corrected chi connectivity index (χ3v) is 5.94. The molecule has 1 fully saturated rings. The quantitative estimate of drug-likeness (QED) is 0.485. The van der Waals surface area contributed by atoms with Crippen molar-refractivity contribution in [3.05, 3.63) is 36.5 Å². The summed E-state index contributed by atoms with van der Waals surface area (Å²) in [5.74, 6) is 1.62. The van der Waals surface area contributed by atoms with Gasteiger partial charge in [-0.05, 0) is 58.5 Å². The Balaban J connectivity index is 1.58. The van der Waals surface area contributed by atoms with Crippen LogP contribution in [0.2, 0.25) is 0 Å². The first-order valence-electron chi connectivity index (χ1n) is 12.0. The Labute approximate surface area is 206 Å². The highest BCUT2D eigenvalue weighted by Gasteiger charge is 2.20. The molecule has 2 N–H and O–H groups in total. The van der Waals surface area contributed by atoms with E-state index >= 15 is 0 Å². The molecule has 0 unspecified atom stereocenters. The van der Waals surface area contributed by atoms with E-state index in [0.717, 1.165) is 60.8 Å². The summed E-state index contributed by atoms with van der Waals surface area (Å²) in [6.45, 7) is 6.14. The molecule has 0 radical (unpaired) electrons. The van der Waals surface area contributed by atoms with Crippen molar-refractivity contribution in [2.24, 2.45) is 0 Å². The molecule has 1 aromatic carbocycles. The number of morpholine rings is 1. The summed E-state index contributed by atoms with van der Waals surface area (Å²) in [4.78, 5) is 28.6. The maximum absolute atomic E-state index is 12.1. The van der Waals surface area contributed by atoms with Gasteiger partial charge in [0.2, 0.25) is 0 Å². The zero-order valence-electron chi connectivity index (χ0n) is 21.1. The van der Waals surface area contributed by atoms with Gasteiger partial charge in [0.05, 0.1) is 18.6 Å². The molecule has 188 valence electrons. The molecule has 0 atom stereocenters. The van der Waals surface area contributed by atoms with Crippen LogP contribution >= 0.6 is 0 Å². The average molecular weight is 481 g/mol. The molecule has 1 aliphatic heterocycles. The molecule has 10 nitrogen and oxygen atoms in total. The van der Waals surface area contributed by atoms with Crippen molar-refractivity contribution in [1.29, 1.82) is 0 Å². The predicted octanol–water partition coefficient (Wildman–Crippen LogP) is 2.18. The molecule has 3 aromatic rings. The number of nitrogens with zero attached hydrogens (tertiary/aromatic N) is 6. The van der Waals surface area contributed by atoms with Gasteiger partial charge in [-0.3, -0.25) is 0 Å². The highest BCUT2D eigenvalue weighted by Crippen LogP contribution is 2.29. The second-order valence-corrected chi connectivity index (χ2v) is 9.28. The Kier molecular flexibility index (Phi) is 8.17. The van der Waals surface area contributed by atoms with Gasteiger partial charge in [0.25, 0.3) is 0 Å². The number of anilines is 2. The number of carbonyl (C=O) groups is 1. The molecule has 1 saturated heterocycles. The minimum absolute atomic E-state index is 0.217. The van der Waals surface area contributed by atoms with Gasteiger partial charge >= 0.3 is 6.03 Å². The molecule has 10 heteroatoms. The minimum atomic E-state index is -0.217. The monoisotopic (exact) mass is 480 g/mol. The molecule has 1 aliphatic rings. The normalized spacial score (nSPS) is 14.2. The number of amides is 2. The number of fused-ring (bicyclic) bond motifs is 1. The van der Waals surface area contributed by atoms with Crippen molar-refractivity contribution >= 4 is 28.6 Å². The fraction of sp³-hybridized carbons (Fsp3) is 0.480. The van der Waals surface area contributed by atoms with Crippen molar-refractivity contribution in [1.82, 2.24) is 29.7 Å². The number of ether oxygens (including phenoxy) is 1. The zero-order valence-corrected chi connectivity index (χ0v) is 21.1. The maximum atomic E-state index is 12.1. The van der Waals surface area contributed by atoms with E-state index in [1.54, 1.807) is 0 Å². The molecule has 4 rings (SSSR count). The van der Waals surface area contributed by atoms with E-state index in [9.17, 15) is 4.79 Å². The van der Waals surface area contributed by atoms with Crippen molar-refractivity contribution in [2.45, 2.75) is 6.54 Å². The molecule has 35 heavy (non-hydrogen) atoms. The fourth-order valence-corrected chi connectivity index (χ4v) is 3.95.